The Morgan fingerprint density at radius 3 is 2.55 bits per heavy atom. The molecular formula is C23H33N5O. The first-order valence-electron chi connectivity index (χ1n) is 10.9. The Kier molecular flexibility index (Phi) is 6.31. The standard InChI is InChI=1S/C23H33N5O/c1-18(20-8-4-3-5-9-20)25-23(29)17-27-14-12-26(13-15-27)16-21-19(2)24-22-10-6-7-11-28(21)22/h3-5,8-9,18H,6-7,10-17H2,1-2H3,(H,25,29)/t18-/m0/s1. The molecule has 0 aliphatic carbocycles. The fourth-order valence-electron chi connectivity index (χ4n) is 4.51. The molecule has 6 nitrogen and oxygen atoms in total. The summed E-state index contributed by atoms with van der Waals surface area (Å²) in [6.45, 7) is 10.6. The highest BCUT2D eigenvalue weighted by molar-refractivity contribution is 5.78. The molecule has 1 amide bonds. The van der Waals surface area contributed by atoms with Gasteiger partial charge in [-0.25, -0.2) is 4.98 Å². The van der Waals surface area contributed by atoms with Gasteiger partial charge in [-0.3, -0.25) is 14.6 Å². The molecule has 1 aromatic carbocycles. The van der Waals surface area contributed by atoms with Crippen molar-refractivity contribution in [2.24, 2.45) is 0 Å². The second kappa shape index (κ2) is 9.09. The van der Waals surface area contributed by atoms with Crippen molar-refractivity contribution in [2.45, 2.75) is 52.2 Å². The molecule has 2 aromatic rings. The lowest BCUT2D eigenvalue weighted by Crippen LogP contribution is -2.49. The lowest BCUT2D eigenvalue weighted by Gasteiger charge is -2.34. The Morgan fingerprint density at radius 2 is 1.79 bits per heavy atom. The molecule has 0 spiro atoms. The quantitative estimate of drug-likeness (QED) is 0.817. The molecule has 0 unspecified atom stereocenters. The number of imidazole rings is 1. The van der Waals surface area contributed by atoms with Crippen molar-refractivity contribution in [3.05, 3.63) is 53.1 Å². The number of carbonyl (C=O) groups excluding carboxylic acids is 1. The number of nitrogens with one attached hydrogen (secondary N) is 1. The Labute approximate surface area is 173 Å². The van der Waals surface area contributed by atoms with E-state index in [2.05, 4.69) is 38.7 Å². The van der Waals surface area contributed by atoms with E-state index < -0.39 is 0 Å². The molecule has 1 N–H and O–H groups in total. The van der Waals surface area contributed by atoms with Crippen LogP contribution in [-0.4, -0.2) is 58.0 Å². The summed E-state index contributed by atoms with van der Waals surface area (Å²) in [5.74, 6) is 1.38. The van der Waals surface area contributed by atoms with E-state index in [-0.39, 0.29) is 11.9 Å². The molecule has 0 radical (unpaired) electrons. The molecule has 6 heteroatoms. The summed E-state index contributed by atoms with van der Waals surface area (Å²) < 4.78 is 2.45. The molecule has 4 rings (SSSR count). The van der Waals surface area contributed by atoms with Crippen molar-refractivity contribution in [1.82, 2.24) is 24.7 Å². The molecule has 1 saturated heterocycles. The van der Waals surface area contributed by atoms with E-state index in [0.29, 0.717) is 6.54 Å². The molecule has 156 valence electrons. The molecule has 1 atom stereocenters. The molecule has 3 heterocycles. The predicted molar refractivity (Wildman–Crippen MR) is 115 cm³/mol. The summed E-state index contributed by atoms with van der Waals surface area (Å²) in [7, 11) is 0. The fourth-order valence-corrected chi connectivity index (χ4v) is 4.51. The highest BCUT2D eigenvalue weighted by Gasteiger charge is 2.23. The van der Waals surface area contributed by atoms with Crippen molar-refractivity contribution in [3.8, 4) is 0 Å². The number of nitrogens with zero attached hydrogens (tertiary/aromatic N) is 4. The van der Waals surface area contributed by atoms with Crippen LogP contribution in [0.25, 0.3) is 0 Å². The van der Waals surface area contributed by atoms with Gasteiger partial charge in [-0.2, -0.15) is 0 Å². The van der Waals surface area contributed by atoms with E-state index in [1.165, 1.54) is 30.1 Å². The van der Waals surface area contributed by atoms with E-state index in [1.54, 1.807) is 0 Å². The first-order valence-corrected chi connectivity index (χ1v) is 10.9. The lowest BCUT2D eigenvalue weighted by molar-refractivity contribution is -0.123. The minimum absolute atomic E-state index is 0.0426. The van der Waals surface area contributed by atoms with Crippen LogP contribution in [0, 0.1) is 6.92 Å². The Balaban J connectivity index is 1.25. The summed E-state index contributed by atoms with van der Waals surface area (Å²) >= 11 is 0. The van der Waals surface area contributed by atoms with Crippen LogP contribution in [0.3, 0.4) is 0 Å². The number of fused-ring (bicyclic) bond motifs is 1. The number of hydrogen-bond donors (Lipinski definition) is 1. The zero-order chi connectivity index (χ0) is 20.2. The Morgan fingerprint density at radius 1 is 1.07 bits per heavy atom. The lowest BCUT2D eigenvalue weighted by atomic mass is 10.1. The van der Waals surface area contributed by atoms with E-state index in [1.807, 2.05) is 25.1 Å². The smallest absolute Gasteiger partial charge is 0.234 e. The van der Waals surface area contributed by atoms with E-state index in [0.717, 1.165) is 51.3 Å². The van der Waals surface area contributed by atoms with Crippen LogP contribution < -0.4 is 5.32 Å². The molecule has 1 aromatic heterocycles. The zero-order valence-electron chi connectivity index (χ0n) is 17.7. The number of hydrogen-bond acceptors (Lipinski definition) is 4. The van der Waals surface area contributed by atoms with Gasteiger partial charge in [0.1, 0.15) is 5.82 Å². The van der Waals surface area contributed by atoms with E-state index in [4.69, 9.17) is 4.98 Å². The Bertz CT molecular complexity index is 823. The third kappa shape index (κ3) is 4.87. The summed E-state index contributed by atoms with van der Waals surface area (Å²) in [6.07, 6.45) is 3.64. The van der Waals surface area contributed by atoms with Crippen molar-refractivity contribution >= 4 is 5.91 Å². The summed E-state index contributed by atoms with van der Waals surface area (Å²) in [5, 5.41) is 3.13. The number of carbonyl (C=O) groups is 1. The molecular weight excluding hydrogens is 362 g/mol. The van der Waals surface area contributed by atoms with Crippen molar-refractivity contribution in [1.29, 1.82) is 0 Å². The van der Waals surface area contributed by atoms with Crippen LogP contribution in [0.2, 0.25) is 0 Å². The number of rotatable bonds is 6. The normalized spacial score (nSPS) is 19.0. The first-order chi connectivity index (χ1) is 14.1. The van der Waals surface area contributed by atoms with Gasteiger partial charge in [0.05, 0.1) is 24.0 Å². The molecule has 2 aliphatic heterocycles. The van der Waals surface area contributed by atoms with Crippen molar-refractivity contribution < 1.29 is 4.79 Å². The monoisotopic (exact) mass is 395 g/mol. The second-order valence-electron chi connectivity index (χ2n) is 8.42. The third-order valence-electron chi connectivity index (χ3n) is 6.27. The average molecular weight is 396 g/mol. The first kappa shape index (κ1) is 20.1. The minimum atomic E-state index is 0.0426. The van der Waals surface area contributed by atoms with E-state index in [9.17, 15) is 4.79 Å². The van der Waals surface area contributed by atoms with Crippen LogP contribution >= 0.6 is 0 Å². The average Bonchev–Trinajstić information content (AvgIpc) is 3.05. The Hall–Kier alpha value is -2.18. The van der Waals surface area contributed by atoms with Gasteiger partial charge in [0, 0.05) is 45.7 Å². The van der Waals surface area contributed by atoms with Crippen LogP contribution in [-0.2, 0) is 24.3 Å². The van der Waals surface area contributed by atoms with Gasteiger partial charge >= 0.3 is 0 Å². The molecule has 0 saturated carbocycles. The largest absolute Gasteiger partial charge is 0.348 e. The molecule has 0 bridgehead atoms. The van der Waals surface area contributed by atoms with Crippen LogP contribution in [0.4, 0.5) is 0 Å². The second-order valence-corrected chi connectivity index (χ2v) is 8.42. The van der Waals surface area contributed by atoms with Gasteiger partial charge in [-0.1, -0.05) is 30.3 Å². The summed E-state index contributed by atoms with van der Waals surface area (Å²) in [6, 6.07) is 10.2. The van der Waals surface area contributed by atoms with Gasteiger partial charge in [0.25, 0.3) is 0 Å². The highest BCUT2D eigenvalue weighted by atomic mass is 16.2. The number of piperazine rings is 1. The van der Waals surface area contributed by atoms with Gasteiger partial charge in [-0.15, -0.1) is 0 Å². The van der Waals surface area contributed by atoms with Gasteiger partial charge in [-0.05, 0) is 32.3 Å². The maximum absolute atomic E-state index is 12.5. The maximum atomic E-state index is 12.5. The fraction of sp³-hybridized carbons (Fsp3) is 0.565. The number of benzene rings is 1. The zero-order valence-corrected chi connectivity index (χ0v) is 17.7. The number of aromatic nitrogens is 2. The topological polar surface area (TPSA) is 53.4 Å². The number of amides is 1. The highest BCUT2D eigenvalue weighted by Crippen LogP contribution is 2.21. The molecule has 1 fully saturated rings. The van der Waals surface area contributed by atoms with Crippen LogP contribution in [0.5, 0.6) is 0 Å². The van der Waals surface area contributed by atoms with Crippen molar-refractivity contribution in [3.63, 3.8) is 0 Å². The number of aryl methyl sites for hydroxylation is 2. The minimum Gasteiger partial charge on any atom is -0.348 e. The van der Waals surface area contributed by atoms with Crippen LogP contribution in [0.1, 0.15) is 48.6 Å². The summed E-state index contributed by atoms with van der Waals surface area (Å²) in [4.78, 5) is 22.0. The molecule has 29 heavy (non-hydrogen) atoms. The van der Waals surface area contributed by atoms with Gasteiger partial charge in [0.15, 0.2) is 0 Å². The van der Waals surface area contributed by atoms with Crippen molar-refractivity contribution in [2.75, 3.05) is 32.7 Å². The third-order valence-corrected chi connectivity index (χ3v) is 6.27. The van der Waals surface area contributed by atoms with Crippen LogP contribution in [0.15, 0.2) is 30.3 Å². The van der Waals surface area contributed by atoms with Gasteiger partial charge in [0.2, 0.25) is 5.91 Å². The SMILES string of the molecule is Cc1nc2n(c1CN1CCN(CC(=O)N[C@@H](C)c3ccccc3)CC1)CCCC2. The predicted octanol–water partition coefficient (Wildman–Crippen LogP) is 2.52. The summed E-state index contributed by atoms with van der Waals surface area (Å²) in [5.41, 5.74) is 3.73. The van der Waals surface area contributed by atoms with E-state index >= 15 is 0 Å². The maximum Gasteiger partial charge on any atom is 0.234 e. The van der Waals surface area contributed by atoms with Gasteiger partial charge < -0.3 is 9.88 Å². The molecule has 2 aliphatic rings.